The van der Waals surface area contributed by atoms with Crippen LogP contribution < -0.4 is 4.90 Å². The first-order valence-electron chi connectivity index (χ1n) is 9.65. The second kappa shape index (κ2) is 8.35. The van der Waals surface area contributed by atoms with Crippen LogP contribution in [0.15, 0.2) is 67.4 Å². The maximum Gasteiger partial charge on any atom is 0.128 e. The van der Waals surface area contributed by atoms with Crippen LogP contribution in [-0.2, 0) is 13.0 Å². The van der Waals surface area contributed by atoms with E-state index in [1.54, 1.807) is 6.20 Å². The average Bonchev–Trinajstić information content (AvgIpc) is 3.22. The molecule has 4 rings (SSSR count). The molecule has 3 heterocycles. The van der Waals surface area contributed by atoms with Gasteiger partial charge in [0.2, 0.25) is 0 Å². The number of benzene rings is 1. The fraction of sp³-hybridized carbons (Fsp3) is 0.364. The number of hydrogen-bond acceptors (Lipinski definition) is 4. The van der Waals surface area contributed by atoms with Gasteiger partial charge in [-0.05, 0) is 42.4 Å². The van der Waals surface area contributed by atoms with Crippen molar-refractivity contribution < 1.29 is 5.11 Å². The molecular weight excluding hydrogens is 336 g/mol. The minimum atomic E-state index is -0.264. The number of aliphatic hydroxyl groups excluding tert-OH is 1. The van der Waals surface area contributed by atoms with Gasteiger partial charge in [0, 0.05) is 38.2 Å². The first kappa shape index (κ1) is 17.7. The zero-order valence-corrected chi connectivity index (χ0v) is 15.5. The van der Waals surface area contributed by atoms with Gasteiger partial charge < -0.3 is 14.6 Å². The molecule has 0 radical (unpaired) electrons. The Morgan fingerprint density at radius 3 is 2.52 bits per heavy atom. The van der Waals surface area contributed by atoms with Crippen molar-refractivity contribution in [2.24, 2.45) is 5.92 Å². The third-order valence-corrected chi connectivity index (χ3v) is 5.43. The van der Waals surface area contributed by atoms with Gasteiger partial charge in [-0.25, -0.2) is 9.97 Å². The van der Waals surface area contributed by atoms with Crippen LogP contribution in [0.4, 0.5) is 5.82 Å². The van der Waals surface area contributed by atoms with E-state index in [1.165, 1.54) is 11.1 Å². The fourth-order valence-electron chi connectivity index (χ4n) is 3.82. The molecule has 27 heavy (non-hydrogen) atoms. The Morgan fingerprint density at radius 1 is 1.04 bits per heavy atom. The van der Waals surface area contributed by atoms with Crippen LogP contribution in [0.3, 0.4) is 0 Å². The van der Waals surface area contributed by atoms with Gasteiger partial charge >= 0.3 is 0 Å². The molecule has 5 heteroatoms. The molecule has 1 aromatic carbocycles. The van der Waals surface area contributed by atoms with Gasteiger partial charge in [-0.1, -0.05) is 36.4 Å². The van der Waals surface area contributed by atoms with Gasteiger partial charge in [0.05, 0.1) is 12.4 Å². The lowest BCUT2D eigenvalue weighted by atomic mass is 9.88. The van der Waals surface area contributed by atoms with Gasteiger partial charge in [-0.3, -0.25) is 0 Å². The van der Waals surface area contributed by atoms with E-state index in [0.29, 0.717) is 5.92 Å². The quantitative estimate of drug-likeness (QED) is 0.732. The molecule has 2 aromatic heterocycles. The monoisotopic (exact) mass is 362 g/mol. The maximum absolute atomic E-state index is 10.6. The van der Waals surface area contributed by atoms with Crippen LogP contribution in [0.5, 0.6) is 0 Å². The first-order chi connectivity index (χ1) is 13.3. The predicted octanol–water partition coefficient (Wildman–Crippen LogP) is 3.15. The molecule has 0 saturated carbocycles. The van der Waals surface area contributed by atoms with Gasteiger partial charge in [0.1, 0.15) is 5.82 Å². The van der Waals surface area contributed by atoms with E-state index in [1.807, 2.05) is 41.5 Å². The Bertz CT molecular complexity index is 809. The smallest absolute Gasteiger partial charge is 0.128 e. The highest BCUT2D eigenvalue weighted by molar-refractivity contribution is 5.39. The van der Waals surface area contributed by atoms with Crippen LogP contribution >= 0.6 is 0 Å². The molecule has 0 unspecified atom stereocenters. The van der Waals surface area contributed by atoms with E-state index < -0.39 is 0 Å². The molecule has 3 aromatic rings. The molecule has 1 fully saturated rings. The molecule has 1 aliphatic heterocycles. The predicted molar refractivity (Wildman–Crippen MR) is 107 cm³/mol. The van der Waals surface area contributed by atoms with E-state index in [4.69, 9.17) is 0 Å². The number of piperidine rings is 1. The summed E-state index contributed by atoms with van der Waals surface area (Å²) in [7, 11) is 0. The van der Waals surface area contributed by atoms with Crippen molar-refractivity contribution in [3.8, 4) is 0 Å². The number of aliphatic hydroxyl groups is 1. The lowest BCUT2D eigenvalue weighted by Gasteiger charge is -2.35. The average molecular weight is 362 g/mol. The van der Waals surface area contributed by atoms with Crippen molar-refractivity contribution in [2.45, 2.75) is 31.9 Å². The summed E-state index contributed by atoms with van der Waals surface area (Å²) in [4.78, 5) is 11.0. The summed E-state index contributed by atoms with van der Waals surface area (Å²) >= 11 is 0. The maximum atomic E-state index is 10.6. The highest BCUT2D eigenvalue weighted by Crippen LogP contribution is 2.26. The summed E-state index contributed by atoms with van der Waals surface area (Å²) in [5.41, 5.74) is 2.38. The van der Waals surface area contributed by atoms with Crippen LogP contribution in [0.25, 0.3) is 0 Å². The van der Waals surface area contributed by atoms with Crippen molar-refractivity contribution in [2.75, 3.05) is 18.0 Å². The van der Waals surface area contributed by atoms with Crippen LogP contribution in [0.1, 0.15) is 24.0 Å². The second-order valence-corrected chi connectivity index (χ2v) is 7.34. The molecule has 140 valence electrons. The third kappa shape index (κ3) is 4.55. The number of rotatable bonds is 6. The Morgan fingerprint density at radius 2 is 1.85 bits per heavy atom. The normalized spacial score (nSPS) is 16.4. The topological polar surface area (TPSA) is 54.2 Å². The van der Waals surface area contributed by atoms with Gasteiger partial charge in [0.25, 0.3) is 0 Å². The zero-order chi connectivity index (χ0) is 18.5. The lowest BCUT2D eigenvalue weighted by molar-refractivity contribution is 0.0929. The Hall–Kier alpha value is -2.66. The number of aromatic nitrogens is 3. The Balaban J connectivity index is 1.29. The highest BCUT2D eigenvalue weighted by Gasteiger charge is 2.25. The molecule has 1 aliphatic rings. The van der Waals surface area contributed by atoms with Crippen molar-refractivity contribution in [1.82, 2.24) is 14.5 Å². The standard InChI is InChI=1S/C22H26N4O/c27-21(14-18-4-2-1-3-5-18)20-8-11-26(12-9-20)22-7-6-19(15-24-22)16-25-13-10-23-17-25/h1-7,10,13,15,17,20-21,27H,8-9,11-12,14,16H2/t21-/m0/s1. The first-order valence-corrected chi connectivity index (χ1v) is 9.65. The largest absolute Gasteiger partial charge is 0.392 e. The Kier molecular flexibility index (Phi) is 5.49. The highest BCUT2D eigenvalue weighted by atomic mass is 16.3. The van der Waals surface area contributed by atoms with Crippen molar-refractivity contribution in [3.63, 3.8) is 0 Å². The molecule has 0 spiro atoms. The van der Waals surface area contributed by atoms with E-state index >= 15 is 0 Å². The second-order valence-electron chi connectivity index (χ2n) is 7.34. The molecule has 1 N–H and O–H groups in total. The molecule has 0 bridgehead atoms. The number of anilines is 1. The number of hydrogen-bond donors (Lipinski definition) is 1. The van der Waals surface area contributed by atoms with Gasteiger partial charge in [-0.2, -0.15) is 0 Å². The van der Waals surface area contributed by atoms with Crippen molar-refractivity contribution in [3.05, 3.63) is 78.5 Å². The molecule has 1 saturated heterocycles. The fourth-order valence-corrected chi connectivity index (χ4v) is 3.82. The molecule has 0 aliphatic carbocycles. The zero-order valence-electron chi connectivity index (χ0n) is 15.5. The summed E-state index contributed by atoms with van der Waals surface area (Å²) in [6.45, 7) is 2.69. The van der Waals surface area contributed by atoms with Gasteiger partial charge in [-0.15, -0.1) is 0 Å². The molecule has 1 atom stereocenters. The van der Waals surface area contributed by atoms with Crippen molar-refractivity contribution in [1.29, 1.82) is 0 Å². The molecular formula is C22H26N4O. The van der Waals surface area contributed by atoms with E-state index in [0.717, 1.165) is 44.7 Å². The summed E-state index contributed by atoms with van der Waals surface area (Å²) in [5, 5.41) is 10.6. The third-order valence-electron chi connectivity index (χ3n) is 5.43. The molecule has 5 nitrogen and oxygen atoms in total. The van der Waals surface area contributed by atoms with E-state index in [-0.39, 0.29) is 6.10 Å². The summed E-state index contributed by atoms with van der Waals surface area (Å²) in [5.74, 6) is 1.39. The minimum absolute atomic E-state index is 0.264. The van der Waals surface area contributed by atoms with E-state index in [2.05, 4.69) is 39.1 Å². The number of imidazole rings is 1. The Labute approximate surface area is 160 Å². The van der Waals surface area contributed by atoms with Gasteiger partial charge in [0.15, 0.2) is 0 Å². The van der Waals surface area contributed by atoms with Crippen LogP contribution in [0, 0.1) is 5.92 Å². The van der Waals surface area contributed by atoms with Crippen molar-refractivity contribution >= 4 is 5.82 Å². The van der Waals surface area contributed by atoms with E-state index in [9.17, 15) is 5.11 Å². The van der Waals surface area contributed by atoms with Crippen LogP contribution in [0.2, 0.25) is 0 Å². The number of nitrogens with zero attached hydrogens (tertiary/aromatic N) is 4. The number of pyridine rings is 1. The summed E-state index contributed by atoms with van der Waals surface area (Å²) in [6, 6.07) is 14.5. The minimum Gasteiger partial charge on any atom is -0.392 e. The van der Waals surface area contributed by atoms with Crippen LogP contribution in [-0.4, -0.2) is 38.8 Å². The SMILES string of the molecule is O[C@@H](Cc1ccccc1)C1CCN(c2ccc(Cn3ccnc3)cn2)CC1. The summed E-state index contributed by atoms with van der Waals surface area (Å²) in [6.07, 6.45) is 10.0. The molecule has 0 amide bonds. The summed E-state index contributed by atoms with van der Waals surface area (Å²) < 4.78 is 2.04. The lowest BCUT2D eigenvalue weighted by Crippen LogP contribution is -2.38.